The number of methoxy groups -OCH3 is 1. The number of benzene rings is 1. The quantitative estimate of drug-likeness (QED) is 0.861. The third kappa shape index (κ3) is 2.90. The van der Waals surface area contributed by atoms with Gasteiger partial charge >= 0.3 is 0 Å². The Kier molecular flexibility index (Phi) is 4.43. The topological polar surface area (TPSA) is 42.8 Å². The van der Waals surface area contributed by atoms with Crippen LogP contribution in [0.1, 0.15) is 0 Å². The molecule has 8 heteroatoms. The van der Waals surface area contributed by atoms with E-state index < -0.39 is 11.6 Å². The lowest BCUT2D eigenvalue weighted by Crippen LogP contribution is -2.07. The van der Waals surface area contributed by atoms with E-state index in [0.29, 0.717) is 17.6 Å². The molecule has 1 heterocycles. The molecule has 0 bridgehead atoms. The summed E-state index contributed by atoms with van der Waals surface area (Å²) in [5.41, 5.74) is -0.216. The van der Waals surface area contributed by atoms with Gasteiger partial charge in [-0.05, 0) is 24.4 Å². The lowest BCUT2D eigenvalue weighted by atomic mass is 10.2. The van der Waals surface area contributed by atoms with Crippen LogP contribution in [0.2, 0.25) is 0 Å². The number of hydrogen-bond donors (Lipinski definition) is 1. The van der Waals surface area contributed by atoms with E-state index >= 15 is 0 Å². The van der Waals surface area contributed by atoms with E-state index in [9.17, 15) is 8.78 Å². The Bertz CT molecular complexity index is 633. The second-order valence-corrected chi connectivity index (χ2v) is 5.04. The number of ether oxygens (including phenoxy) is 1. The summed E-state index contributed by atoms with van der Waals surface area (Å²) in [7, 11) is 1.53. The van der Waals surface area contributed by atoms with Gasteiger partial charge in [-0.15, -0.1) is 0 Å². The van der Waals surface area contributed by atoms with Crippen molar-refractivity contribution in [1.82, 2.24) is 14.8 Å². The van der Waals surface area contributed by atoms with Gasteiger partial charge < -0.3 is 4.74 Å². The molecule has 2 rings (SSSR count). The van der Waals surface area contributed by atoms with Gasteiger partial charge in [-0.3, -0.25) is 9.67 Å². The summed E-state index contributed by atoms with van der Waals surface area (Å²) >= 11 is 8.06. The summed E-state index contributed by atoms with van der Waals surface area (Å²) in [6.45, 7) is 0.719. The highest BCUT2D eigenvalue weighted by Gasteiger charge is 2.18. The molecule has 1 aromatic heterocycles. The van der Waals surface area contributed by atoms with Gasteiger partial charge in [-0.25, -0.2) is 8.78 Å². The van der Waals surface area contributed by atoms with Crippen LogP contribution in [0.15, 0.2) is 16.6 Å². The van der Waals surface area contributed by atoms with Crippen LogP contribution in [0.25, 0.3) is 11.4 Å². The molecule has 19 heavy (non-hydrogen) atoms. The minimum atomic E-state index is -0.709. The zero-order valence-electron chi connectivity index (χ0n) is 9.91. The average Bonchev–Trinajstić information content (AvgIpc) is 2.67. The summed E-state index contributed by atoms with van der Waals surface area (Å²) in [5, 5.41) is 6.41. The number of rotatable bonds is 4. The Morgan fingerprint density at radius 2 is 2.05 bits per heavy atom. The van der Waals surface area contributed by atoms with Crippen molar-refractivity contribution in [3.8, 4) is 11.4 Å². The van der Waals surface area contributed by atoms with Crippen molar-refractivity contribution in [2.75, 3.05) is 13.7 Å². The summed E-state index contributed by atoms with van der Waals surface area (Å²) in [4.78, 5) is 0. The van der Waals surface area contributed by atoms with E-state index in [1.807, 2.05) is 0 Å². The van der Waals surface area contributed by atoms with Gasteiger partial charge in [-0.2, -0.15) is 5.10 Å². The fraction of sp³-hybridized carbons (Fsp3) is 0.273. The molecule has 0 spiro atoms. The predicted octanol–water partition coefficient (Wildman–Crippen LogP) is 3.29. The number of aromatic nitrogens is 3. The minimum absolute atomic E-state index is 0.115. The first-order chi connectivity index (χ1) is 9.04. The number of nitrogens with one attached hydrogen (secondary N) is 1. The lowest BCUT2D eigenvalue weighted by molar-refractivity contribution is 0.187. The van der Waals surface area contributed by atoms with Gasteiger partial charge in [0.1, 0.15) is 11.6 Å². The maximum Gasteiger partial charge on any atom is 0.195 e. The van der Waals surface area contributed by atoms with Crippen molar-refractivity contribution in [2.24, 2.45) is 0 Å². The monoisotopic (exact) mass is 349 g/mol. The van der Waals surface area contributed by atoms with Crippen LogP contribution in [0.4, 0.5) is 8.78 Å². The highest BCUT2D eigenvalue weighted by molar-refractivity contribution is 9.10. The molecule has 1 aromatic carbocycles. The maximum atomic E-state index is 13.9. The second kappa shape index (κ2) is 5.89. The van der Waals surface area contributed by atoms with E-state index in [-0.39, 0.29) is 16.2 Å². The largest absolute Gasteiger partial charge is 0.383 e. The van der Waals surface area contributed by atoms with Crippen LogP contribution >= 0.6 is 28.1 Å². The lowest BCUT2D eigenvalue weighted by Gasteiger charge is -2.08. The summed E-state index contributed by atoms with van der Waals surface area (Å²) in [5.74, 6) is -1.30. The maximum absolute atomic E-state index is 13.9. The molecule has 0 amide bonds. The van der Waals surface area contributed by atoms with Crippen molar-refractivity contribution in [1.29, 1.82) is 0 Å². The predicted molar refractivity (Wildman–Crippen MR) is 72.3 cm³/mol. The highest BCUT2D eigenvalue weighted by atomic mass is 79.9. The average molecular weight is 350 g/mol. The fourth-order valence-electron chi connectivity index (χ4n) is 1.65. The van der Waals surface area contributed by atoms with E-state index in [4.69, 9.17) is 17.0 Å². The number of hydrogen-bond acceptors (Lipinski definition) is 3. The van der Waals surface area contributed by atoms with Crippen LogP contribution < -0.4 is 0 Å². The molecule has 0 saturated heterocycles. The first kappa shape index (κ1) is 14.3. The van der Waals surface area contributed by atoms with Crippen LogP contribution in [0.3, 0.4) is 0 Å². The Morgan fingerprint density at radius 3 is 2.63 bits per heavy atom. The third-order valence-corrected chi connectivity index (χ3v) is 3.28. The zero-order valence-corrected chi connectivity index (χ0v) is 12.3. The molecule has 0 unspecified atom stereocenters. The normalized spacial score (nSPS) is 10.9. The standard InChI is InChI=1S/C11H10BrF2N3OS/c1-18-3-2-17-10(15-16-11(17)19)9-7(13)4-6(12)5-8(9)14/h4-5H,2-3H2,1H3,(H,16,19). The molecule has 1 N–H and O–H groups in total. The molecule has 0 fully saturated rings. The smallest absolute Gasteiger partial charge is 0.195 e. The Balaban J connectivity index is 2.56. The first-order valence-electron chi connectivity index (χ1n) is 5.33. The molecular formula is C11H10BrF2N3OS. The molecule has 0 radical (unpaired) electrons. The van der Waals surface area contributed by atoms with Crippen LogP contribution in [-0.2, 0) is 11.3 Å². The van der Waals surface area contributed by atoms with Crippen molar-refractivity contribution >= 4 is 28.1 Å². The van der Waals surface area contributed by atoms with Gasteiger partial charge in [0.25, 0.3) is 0 Å². The van der Waals surface area contributed by atoms with Crippen molar-refractivity contribution < 1.29 is 13.5 Å². The van der Waals surface area contributed by atoms with Gasteiger partial charge in [0.15, 0.2) is 10.6 Å². The van der Waals surface area contributed by atoms with Gasteiger partial charge in [0.05, 0.1) is 18.7 Å². The van der Waals surface area contributed by atoms with Crippen LogP contribution in [0.5, 0.6) is 0 Å². The highest BCUT2D eigenvalue weighted by Crippen LogP contribution is 2.27. The Morgan fingerprint density at radius 1 is 1.42 bits per heavy atom. The van der Waals surface area contributed by atoms with E-state index in [1.165, 1.54) is 23.8 Å². The van der Waals surface area contributed by atoms with E-state index in [1.54, 1.807) is 0 Å². The molecule has 0 saturated carbocycles. The third-order valence-electron chi connectivity index (χ3n) is 2.51. The van der Waals surface area contributed by atoms with Crippen molar-refractivity contribution in [3.63, 3.8) is 0 Å². The number of halogens is 3. The Labute approximate surface area is 121 Å². The molecule has 0 aliphatic carbocycles. The summed E-state index contributed by atoms with van der Waals surface area (Å²) in [6, 6.07) is 2.35. The molecule has 0 atom stereocenters. The van der Waals surface area contributed by atoms with Crippen LogP contribution in [0, 0.1) is 16.4 Å². The number of nitrogens with zero attached hydrogens (tertiary/aromatic N) is 2. The molecule has 0 aliphatic heterocycles. The fourth-order valence-corrected chi connectivity index (χ4v) is 2.28. The summed E-state index contributed by atoms with van der Waals surface area (Å²) < 4.78 is 34.9. The number of H-pyrrole nitrogens is 1. The van der Waals surface area contributed by atoms with Gasteiger partial charge in [-0.1, -0.05) is 15.9 Å². The SMILES string of the molecule is COCCn1c(-c2c(F)cc(Br)cc2F)n[nH]c1=S. The summed E-state index contributed by atoms with van der Waals surface area (Å²) in [6.07, 6.45) is 0. The second-order valence-electron chi connectivity index (χ2n) is 3.74. The molecular weight excluding hydrogens is 340 g/mol. The Hall–Kier alpha value is -1.12. The van der Waals surface area contributed by atoms with Gasteiger partial charge in [0, 0.05) is 11.6 Å². The molecule has 102 valence electrons. The first-order valence-corrected chi connectivity index (χ1v) is 6.53. The van der Waals surface area contributed by atoms with E-state index in [0.717, 1.165) is 0 Å². The number of aromatic amines is 1. The van der Waals surface area contributed by atoms with Crippen molar-refractivity contribution in [2.45, 2.75) is 6.54 Å². The minimum Gasteiger partial charge on any atom is -0.383 e. The van der Waals surface area contributed by atoms with Crippen LogP contribution in [-0.4, -0.2) is 28.5 Å². The van der Waals surface area contributed by atoms with E-state index in [2.05, 4.69) is 26.1 Å². The molecule has 4 nitrogen and oxygen atoms in total. The molecule has 0 aliphatic rings. The van der Waals surface area contributed by atoms with Crippen molar-refractivity contribution in [3.05, 3.63) is 33.0 Å². The molecule has 2 aromatic rings. The van der Waals surface area contributed by atoms with Gasteiger partial charge in [0.2, 0.25) is 0 Å². The zero-order chi connectivity index (χ0) is 14.0.